The van der Waals surface area contributed by atoms with E-state index in [0.717, 1.165) is 57.9 Å². The van der Waals surface area contributed by atoms with Gasteiger partial charge in [0.1, 0.15) is 0 Å². The van der Waals surface area contributed by atoms with Crippen molar-refractivity contribution in [2.45, 2.75) is 39.2 Å². The number of halogens is 1. The lowest BCUT2D eigenvalue weighted by Crippen LogP contribution is -2.46. The first-order valence-corrected chi connectivity index (χ1v) is 8.92. The molecule has 1 aromatic rings. The van der Waals surface area contributed by atoms with Crippen LogP contribution in [0.2, 0.25) is 0 Å². The maximum absolute atomic E-state index is 11.5. The highest BCUT2D eigenvalue weighted by molar-refractivity contribution is 14.0. The first kappa shape index (κ1) is 21.7. The Balaban J connectivity index is 0.00000312. The summed E-state index contributed by atoms with van der Waals surface area (Å²) in [4.78, 5) is 22.6. The number of hydrogen-bond donors (Lipinski definition) is 2. The lowest BCUT2D eigenvalue weighted by molar-refractivity contribution is -0.121. The second-order valence-electron chi connectivity index (χ2n) is 6.20. The van der Waals surface area contributed by atoms with Gasteiger partial charge in [-0.1, -0.05) is 0 Å². The fourth-order valence-corrected chi connectivity index (χ4v) is 3.00. The summed E-state index contributed by atoms with van der Waals surface area (Å²) in [5.41, 5.74) is 0. The van der Waals surface area contributed by atoms with E-state index in [1.54, 1.807) is 13.2 Å². The van der Waals surface area contributed by atoms with Crippen molar-refractivity contribution in [2.75, 3.05) is 33.2 Å². The molecular formula is C17H31IN6O. The highest BCUT2D eigenvalue weighted by Gasteiger charge is 2.22. The van der Waals surface area contributed by atoms with Crippen molar-refractivity contribution in [3.63, 3.8) is 0 Å². The van der Waals surface area contributed by atoms with E-state index >= 15 is 0 Å². The predicted molar refractivity (Wildman–Crippen MR) is 111 cm³/mol. The number of aromatic nitrogens is 2. The average Bonchev–Trinajstić information content (AvgIpc) is 3.12. The molecule has 1 saturated heterocycles. The summed E-state index contributed by atoms with van der Waals surface area (Å²) in [6, 6.07) is 0. The summed E-state index contributed by atoms with van der Waals surface area (Å²) in [7, 11) is 1.71. The molecule has 1 aliphatic rings. The Morgan fingerprint density at radius 3 is 2.72 bits per heavy atom. The number of aliphatic imine (C=N–C) groups is 1. The van der Waals surface area contributed by atoms with Crippen LogP contribution in [0.1, 0.15) is 32.6 Å². The van der Waals surface area contributed by atoms with Gasteiger partial charge in [-0.25, -0.2) is 4.98 Å². The molecule has 0 aromatic carbocycles. The SMILES string of the molecule is CCNC(=NCCCn1ccnc1)N1CCC(CC(=O)NC)CC1.I. The molecule has 8 heteroatoms. The lowest BCUT2D eigenvalue weighted by Gasteiger charge is -2.34. The standard InChI is InChI=1S/C17H30N6O.HI/c1-3-20-17(21-7-4-9-22-12-8-19-14-22)23-10-5-15(6-11-23)13-16(24)18-2;/h8,12,14-15H,3-7,9-11,13H2,1-2H3,(H,18,24)(H,20,21);1H. The largest absolute Gasteiger partial charge is 0.359 e. The average molecular weight is 462 g/mol. The van der Waals surface area contributed by atoms with Gasteiger partial charge < -0.3 is 20.1 Å². The molecule has 0 radical (unpaired) electrons. The van der Waals surface area contributed by atoms with Crippen LogP contribution in [-0.4, -0.2) is 59.5 Å². The van der Waals surface area contributed by atoms with E-state index in [1.807, 2.05) is 12.5 Å². The monoisotopic (exact) mass is 462 g/mol. The minimum Gasteiger partial charge on any atom is -0.359 e. The minimum atomic E-state index is 0. The molecular weight excluding hydrogens is 431 g/mol. The Morgan fingerprint density at radius 1 is 1.36 bits per heavy atom. The van der Waals surface area contributed by atoms with Gasteiger partial charge in [-0.3, -0.25) is 9.79 Å². The van der Waals surface area contributed by atoms with E-state index < -0.39 is 0 Å². The molecule has 0 aliphatic carbocycles. The number of piperidine rings is 1. The van der Waals surface area contributed by atoms with Crippen molar-refractivity contribution in [2.24, 2.45) is 10.9 Å². The van der Waals surface area contributed by atoms with Gasteiger partial charge in [0.05, 0.1) is 6.33 Å². The molecule has 0 unspecified atom stereocenters. The highest BCUT2D eigenvalue weighted by atomic mass is 127. The second-order valence-corrected chi connectivity index (χ2v) is 6.20. The number of carbonyl (C=O) groups excluding carboxylic acids is 1. The maximum Gasteiger partial charge on any atom is 0.220 e. The third-order valence-corrected chi connectivity index (χ3v) is 4.40. The Morgan fingerprint density at radius 2 is 2.12 bits per heavy atom. The van der Waals surface area contributed by atoms with Gasteiger partial charge in [-0.05, 0) is 32.1 Å². The number of carbonyl (C=O) groups is 1. The predicted octanol–water partition coefficient (Wildman–Crippen LogP) is 1.70. The second kappa shape index (κ2) is 12.1. The van der Waals surface area contributed by atoms with Crippen molar-refractivity contribution in [3.8, 4) is 0 Å². The van der Waals surface area contributed by atoms with Crippen molar-refractivity contribution in [3.05, 3.63) is 18.7 Å². The fraction of sp³-hybridized carbons (Fsp3) is 0.706. The van der Waals surface area contributed by atoms with Crippen LogP contribution < -0.4 is 10.6 Å². The van der Waals surface area contributed by atoms with Gasteiger partial charge in [-0.2, -0.15) is 0 Å². The first-order chi connectivity index (χ1) is 11.7. The van der Waals surface area contributed by atoms with Gasteiger partial charge >= 0.3 is 0 Å². The van der Waals surface area contributed by atoms with Gasteiger partial charge in [-0.15, -0.1) is 24.0 Å². The van der Waals surface area contributed by atoms with E-state index in [1.165, 1.54) is 0 Å². The molecule has 1 amide bonds. The number of likely N-dealkylation sites (tertiary alicyclic amines) is 1. The molecule has 1 fully saturated rings. The van der Waals surface area contributed by atoms with E-state index in [4.69, 9.17) is 4.99 Å². The van der Waals surface area contributed by atoms with Gasteiger partial charge in [0.15, 0.2) is 5.96 Å². The fourth-order valence-electron chi connectivity index (χ4n) is 3.00. The minimum absolute atomic E-state index is 0. The van der Waals surface area contributed by atoms with Gasteiger partial charge in [0.25, 0.3) is 0 Å². The van der Waals surface area contributed by atoms with E-state index in [-0.39, 0.29) is 29.9 Å². The Hall–Kier alpha value is -1.32. The highest BCUT2D eigenvalue weighted by Crippen LogP contribution is 2.20. The van der Waals surface area contributed by atoms with Crippen LogP contribution >= 0.6 is 24.0 Å². The zero-order chi connectivity index (χ0) is 17.2. The van der Waals surface area contributed by atoms with Gasteiger partial charge in [0, 0.05) is 58.6 Å². The number of nitrogens with one attached hydrogen (secondary N) is 2. The quantitative estimate of drug-likeness (QED) is 0.280. The topological polar surface area (TPSA) is 74.5 Å². The van der Waals surface area contributed by atoms with E-state index in [9.17, 15) is 4.79 Å². The molecule has 0 spiro atoms. The third-order valence-electron chi connectivity index (χ3n) is 4.40. The number of guanidine groups is 1. The number of amides is 1. The summed E-state index contributed by atoms with van der Waals surface area (Å²) in [6.45, 7) is 6.65. The number of imidazole rings is 1. The summed E-state index contributed by atoms with van der Waals surface area (Å²) in [6.07, 6.45) is 9.36. The Kier molecular flexibility index (Phi) is 10.5. The van der Waals surface area contributed by atoms with Crippen molar-refractivity contribution >= 4 is 35.8 Å². The first-order valence-electron chi connectivity index (χ1n) is 8.92. The molecule has 1 aliphatic heterocycles. The Labute approximate surface area is 167 Å². The molecule has 142 valence electrons. The molecule has 0 saturated carbocycles. The van der Waals surface area contributed by atoms with Crippen molar-refractivity contribution in [1.82, 2.24) is 25.1 Å². The Bertz CT molecular complexity index is 511. The van der Waals surface area contributed by atoms with Crippen LogP contribution in [0.5, 0.6) is 0 Å². The lowest BCUT2D eigenvalue weighted by atomic mass is 9.93. The number of aryl methyl sites for hydroxylation is 1. The molecule has 2 heterocycles. The zero-order valence-corrected chi connectivity index (χ0v) is 17.6. The number of nitrogens with zero attached hydrogens (tertiary/aromatic N) is 4. The normalized spacial score (nSPS) is 15.6. The summed E-state index contributed by atoms with van der Waals surface area (Å²) >= 11 is 0. The molecule has 0 atom stereocenters. The van der Waals surface area contributed by atoms with E-state index in [0.29, 0.717) is 12.3 Å². The van der Waals surface area contributed by atoms with Crippen LogP contribution in [0, 0.1) is 5.92 Å². The van der Waals surface area contributed by atoms with Crippen LogP contribution in [0.3, 0.4) is 0 Å². The van der Waals surface area contributed by atoms with Crippen LogP contribution in [0.25, 0.3) is 0 Å². The van der Waals surface area contributed by atoms with Crippen molar-refractivity contribution in [1.29, 1.82) is 0 Å². The molecule has 7 nitrogen and oxygen atoms in total. The summed E-state index contributed by atoms with van der Waals surface area (Å²) in [5.74, 6) is 1.64. The summed E-state index contributed by atoms with van der Waals surface area (Å²) in [5, 5.41) is 6.11. The van der Waals surface area contributed by atoms with Crippen LogP contribution in [-0.2, 0) is 11.3 Å². The molecule has 25 heavy (non-hydrogen) atoms. The molecule has 0 bridgehead atoms. The van der Waals surface area contributed by atoms with E-state index in [2.05, 4.69) is 32.0 Å². The molecule has 2 N–H and O–H groups in total. The van der Waals surface area contributed by atoms with Crippen LogP contribution in [0.4, 0.5) is 0 Å². The smallest absolute Gasteiger partial charge is 0.220 e. The number of rotatable bonds is 7. The van der Waals surface area contributed by atoms with Gasteiger partial charge in [0.2, 0.25) is 5.91 Å². The maximum atomic E-state index is 11.5. The molecule has 1 aromatic heterocycles. The zero-order valence-electron chi connectivity index (χ0n) is 15.3. The van der Waals surface area contributed by atoms with Crippen molar-refractivity contribution < 1.29 is 4.79 Å². The molecule has 2 rings (SSSR count). The number of hydrogen-bond acceptors (Lipinski definition) is 3. The summed E-state index contributed by atoms with van der Waals surface area (Å²) < 4.78 is 2.08. The van der Waals surface area contributed by atoms with Crippen LogP contribution in [0.15, 0.2) is 23.7 Å². The third kappa shape index (κ3) is 7.62.